The van der Waals surface area contributed by atoms with Gasteiger partial charge in [-0.3, -0.25) is 4.79 Å². The van der Waals surface area contributed by atoms with E-state index >= 15 is 0 Å². The van der Waals surface area contributed by atoms with Crippen LogP contribution < -0.4 is 0 Å². The Labute approximate surface area is 286 Å². The number of hydrogen-bond donors (Lipinski definition) is 2. The summed E-state index contributed by atoms with van der Waals surface area (Å²) in [6.07, 6.45) is 7.93. The summed E-state index contributed by atoms with van der Waals surface area (Å²) in [5.41, 5.74) is -0.184. The number of Topliss-reactive ketones (excluding diaryl/α,β-unsaturated/α-hetero) is 2. The fourth-order valence-electron chi connectivity index (χ4n) is 9.58. The molecule has 4 aliphatic carbocycles. The monoisotopic (exact) mass is 696 g/mol. The molecule has 11 atom stereocenters. The number of esters is 1. The minimum atomic E-state index is -0.398. The zero-order valence-electron chi connectivity index (χ0n) is 24.9. The number of carbonyl (C=O) groups excluding carboxylic acids is 3. The van der Waals surface area contributed by atoms with Gasteiger partial charge in [0.05, 0.1) is 12.2 Å². The third-order valence-electron chi connectivity index (χ3n) is 11.7. The van der Waals surface area contributed by atoms with Gasteiger partial charge < -0.3 is 24.5 Å². The van der Waals surface area contributed by atoms with Gasteiger partial charge in [-0.1, -0.05) is 20.8 Å². The first-order valence-electron chi connectivity index (χ1n) is 14.9. The van der Waals surface area contributed by atoms with Gasteiger partial charge in [0.2, 0.25) is 0 Å². The van der Waals surface area contributed by atoms with E-state index < -0.39 is 12.2 Å². The van der Waals surface area contributed by atoms with Crippen LogP contribution in [0.1, 0.15) is 112 Å². The molecule has 0 aliphatic heterocycles. The number of ether oxygens (including phenoxy) is 1. The third kappa shape index (κ3) is 7.36. The molecule has 4 aliphatic rings. The van der Waals surface area contributed by atoms with Crippen LogP contribution in [0.2, 0.25) is 0 Å². The molecule has 0 saturated heterocycles. The number of aliphatic hydroxyl groups is 2. The number of hydrogen-bond acceptors (Lipinski definition) is 6. The smallest absolute Gasteiger partial charge is 0.306 e. The molecule has 4 rings (SSSR count). The van der Waals surface area contributed by atoms with Crippen molar-refractivity contribution in [3.05, 3.63) is 0 Å². The summed E-state index contributed by atoms with van der Waals surface area (Å²) in [5, 5.41) is 23.3. The van der Waals surface area contributed by atoms with Crippen LogP contribution in [0, 0.1) is 46.3 Å². The largest absolute Gasteiger partial charge is 0.462 e. The Hall–Kier alpha value is 0.938. The first-order valence-corrected chi connectivity index (χ1v) is 14.9. The number of carbonyl (C=O) groups is 3. The van der Waals surface area contributed by atoms with E-state index in [4.69, 9.17) is 4.74 Å². The predicted molar refractivity (Wildman–Crippen MR) is 141 cm³/mol. The van der Waals surface area contributed by atoms with E-state index in [1.165, 1.54) is 0 Å². The first-order chi connectivity index (χ1) is 17.4. The van der Waals surface area contributed by atoms with Crippen LogP contribution in [0.5, 0.6) is 0 Å². The predicted octanol–water partition coefficient (Wildman–Crippen LogP) is 5.26. The SMILES string of the molecule is CC(=O)CCCC(=O)O[C@H]1CC[C@@]2(C)[C@@H](C1)C[C@H](O)[C@@H]1[C@@H]2C[C@H](O)[C@]2(C)[C@@H](C(C)CCC(C)=O)CC[C@@H]12.[Y].[Y]. The summed E-state index contributed by atoms with van der Waals surface area (Å²) in [5.74, 6) is 1.92. The molecular formula is C31H50O6Y2. The number of rotatable bonds is 9. The molecule has 2 N–H and O–H groups in total. The maximum absolute atomic E-state index is 12.4. The molecule has 1 unspecified atom stereocenters. The molecule has 8 heteroatoms. The summed E-state index contributed by atoms with van der Waals surface area (Å²) >= 11 is 0. The number of ketones is 2. The van der Waals surface area contributed by atoms with Gasteiger partial charge in [0.25, 0.3) is 0 Å². The Morgan fingerprint density at radius 2 is 1.56 bits per heavy atom. The van der Waals surface area contributed by atoms with Crippen molar-refractivity contribution in [2.45, 2.75) is 130 Å². The van der Waals surface area contributed by atoms with Gasteiger partial charge in [0.15, 0.2) is 0 Å². The van der Waals surface area contributed by atoms with Gasteiger partial charge in [-0.15, -0.1) is 0 Å². The molecule has 0 heterocycles. The summed E-state index contributed by atoms with van der Waals surface area (Å²) in [7, 11) is 0. The van der Waals surface area contributed by atoms with Gasteiger partial charge in [0.1, 0.15) is 17.7 Å². The van der Waals surface area contributed by atoms with Gasteiger partial charge in [-0.2, -0.15) is 0 Å². The summed E-state index contributed by atoms with van der Waals surface area (Å²) < 4.78 is 5.82. The molecule has 0 aromatic rings. The fourth-order valence-corrected chi connectivity index (χ4v) is 9.58. The number of fused-ring (bicyclic) bond motifs is 5. The van der Waals surface area contributed by atoms with E-state index in [1.807, 2.05) is 0 Å². The molecule has 4 fully saturated rings. The molecule has 0 bridgehead atoms. The zero-order chi connectivity index (χ0) is 27.1. The molecule has 0 aromatic heterocycles. The van der Waals surface area contributed by atoms with Crippen LogP contribution in [0.4, 0.5) is 0 Å². The molecule has 0 aromatic carbocycles. The second-order valence-electron chi connectivity index (χ2n) is 13.8. The minimum Gasteiger partial charge on any atom is -0.462 e. The Bertz CT molecular complexity index is 881. The molecular weight excluding hydrogens is 646 g/mol. The van der Waals surface area contributed by atoms with Crippen molar-refractivity contribution < 1.29 is 94.8 Å². The second-order valence-corrected chi connectivity index (χ2v) is 13.8. The summed E-state index contributed by atoms with van der Waals surface area (Å²) in [6.45, 7) is 10.1. The topological polar surface area (TPSA) is 101 Å². The maximum Gasteiger partial charge on any atom is 0.306 e. The fraction of sp³-hybridized carbons (Fsp3) is 0.903. The van der Waals surface area contributed by atoms with Gasteiger partial charge >= 0.3 is 5.97 Å². The first kappa shape index (κ1) is 36.1. The van der Waals surface area contributed by atoms with Crippen LogP contribution in [0.25, 0.3) is 0 Å². The van der Waals surface area contributed by atoms with E-state index in [0.717, 1.165) is 51.4 Å². The average molecular weight is 697 g/mol. The van der Waals surface area contributed by atoms with Crippen molar-refractivity contribution >= 4 is 17.5 Å². The van der Waals surface area contributed by atoms with Crippen molar-refractivity contribution in [3.63, 3.8) is 0 Å². The van der Waals surface area contributed by atoms with Crippen molar-refractivity contribution in [1.29, 1.82) is 0 Å². The van der Waals surface area contributed by atoms with E-state index in [0.29, 0.717) is 37.0 Å². The normalized spacial score (nSPS) is 41.5. The van der Waals surface area contributed by atoms with E-state index in [-0.39, 0.29) is 124 Å². The molecule has 0 spiro atoms. The zero-order valence-corrected chi connectivity index (χ0v) is 30.5. The standard InChI is InChI=1S/C31H50O6.2Y/c1-18(9-10-20(3)33)23-11-12-24-29-25(17-27(35)31(23,24)5)30(4)14-13-22(15-21(30)16-26(29)34)37-28(36)8-6-7-19(2)32;;/h18,21-27,29,34-35H,6-17H2,1-5H3;;/t18?,21-,22-,23+,24-,25-,26-,27-,29-,30-,31+;;/m0../s1. The molecule has 0 amide bonds. The Morgan fingerprint density at radius 1 is 0.897 bits per heavy atom. The van der Waals surface area contributed by atoms with Crippen LogP contribution >= 0.6 is 0 Å². The Balaban J connectivity index is 0.00000267. The molecule has 6 nitrogen and oxygen atoms in total. The van der Waals surface area contributed by atoms with E-state index in [2.05, 4.69) is 20.8 Å². The van der Waals surface area contributed by atoms with E-state index in [1.54, 1.807) is 13.8 Å². The van der Waals surface area contributed by atoms with Crippen LogP contribution in [0.15, 0.2) is 0 Å². The van der Waals surface area contributed by atoms with Gasteiger partial charge in [0, 0.05) is 84.7 Å². The quantitative estimate of drug-likeness (QED) is 0.320. The summed E-state index contributed by atoms with van der Waals surface area (Å²) in [6, 6.07) is 0. The van der Waals surface area contributed by atoms with Crippen molar-refractivity contribution in [2.24, 2.45) is 46.3 Å². The van der Waals surface area contributed by atoms with Crippen LogP contribution in [-0.4, -0.2) is 46.1 Å². The van der Waals surface area contributed by atoms with Crippen molar-refractivity contribution in [1.82, 2.24) is 0 Å². The Kier molecular flexibility index (Phi) is 13.5. The molecule has 2 radical (unpaired) electrons. The molecule has 39 heavy (non-hydrogen) atoms. The van der Waals surface area contributed by atoms with E-state index in [9.17, 15) is 24.6 Å². The average Bonchev–Trinajstić information content (AvgIpc) is 3.17. The maximum atomic E-state index is 12.4. The van der Waals surface area contributed by atoms with Gasteiger partial charge in [-0.25, -0.2) is 0 Å². The Morgan fingerprint density at radius 3 is 2.21 bits per heavy atom. The molecule has 216 valence electrons. The molecule has 4 saturated carbocycles. The summed E-state index contributed by atoms with van der Waals surface area (Å²) in [4.78, 5) is 35.1. The van der Waals surface area contributed by atoms with Crippen molar-refractivity contribution in [3.8, 4) is 0 Å². The number of aliphatic hydroxyl groups excluding tert-OH is 2. The third-order valence-corrected chi connectivity index (χ3v) is 11.7. The second kappa shape index (κ2) is 14.6. The minimum absolute atomic E-state index is 0. The van der Waals surface area contributed by atoms with Crippen LogP contribution in [-0.2, 0) is 84.5 Å². The van der Waals surface area contributed by atoms with Gasteiger partial charge in [-0.05, 0) is 118 Å². The van der Waals surface area contributed by atoms with Crippen molar-refractivity contribution in [2.75, 3.05) is 0 Å². The van der Waals surface area contributed by atoms with Crippen LogP contribution in [0.3, 0.4) is 0 Å².